The van der Waals surface area contributed by atoms with E-state index in [4.69, 9.17) is 5.73 Å². The molecule has 0 radical (unpaired) electrons. The van der Waals surface area contributed by atoms with Crippen LogP contribution in [-0.4, -0.2) is 54.0 Å². The van der Waals surface area contributed by atoms with Gasteiger partial charge >= 0.3 is 5.97 Å². The van der Waals surface area contributed by atoms with Crippen LogP contribution in [0.2, 0.25) is 0 Å². The van der Waals surface area contributed by atoms with E-state index in [9.17, 15) is 24.3 Å². The number of carboxylic acids is 1. The monoisotopic (exact) mass is 344 g/mol. The van der Waals surface area contributed by atoms with E-state index in [2.05, 4.69) is 16.0 Å². The first-order valence-electron chi connectivity index (χ1n) is 7.87. The molecule has 9 nitrogen and oxygen atoms in total. The van der Waals surface area contributed by atoms with Gasteiger partial charge in [-0.2, -0.15) is 0 Å². The van der Waals surface area contributed by atoms with E-state index in [1.807, 2.05) is 13.8 Å². The van der Waals surface area contributed by atoms with Crippen LogP contribution < -0.4 is 21.7 Å². The third-order valence-corrected chi connectivity index (χ3v) is 3.22. The summed E-state index contributed by atoms with van der Waals surface area (Å²) in [5.74, 6) is -2.91. The molecule has 2 unspecified atom stereocenters. The molecule has 0 aromatic carbocycles. The number of nitrogens with two attached hydrogens (primary N) is 1. The van der Waals surface area contributed by atoms with E-state index in [1.165, 1.54) is 0 Å². The second-order valence-electron chi connectivity index (χ2n) is 6.30. The van der Waals surface area contributed by atoms with Gasteiger partial charge in [-0.1, -0.05) is 27.7 Å². The number of amides is 3. The number of hydrogen-bond acceptors (Lipinski definition) is 5. The third-order valence-electron chi connectivity index (χ3n) is 3.22. The minimum absolute atomic E-state index is 0.0879. The highest BCUT2D eigenvalue weighted by atomic mass is 16.4. The lowest BCUT2D eigenvalue weighted by Gasteiger charge is -2.24. The summed E-state index contributed by atoms with van der Waals surface area (Å²) in [4.78, 5) is 46.4. The molecule has 0 bridgehead atoms. The average Bonchev–Trinajstić information content (AvgIpc) is 2.48. The van der Waals surface area contributed by atoms with Crippen molar-refractivity contribution >= 4 is 23.7 Å². The highest BCUT2D eigenvalue weighted by Crippen LogP contribution is 2.07. The SMILES string of the molecule is CC(C)CC(NC(=O)C(NC(=O)CNC(=O)CN)C(C)C)C(=O)O. The number of carbonyl (C=O) groups is 4. The van der Waals surface area contributed by atoms with Crippen molar-refractivity contribution in [2.75, 3.05) is 13.1 Å². The van der Waals surface area contributed by atoms with Gasteiger partial charge in [-0.05, 0) is 18.3 Å². The summed E-state index contributed by atoms with van der Waals surface area (Å²) in [7, 11) is 0. The standard InChI is InChI=1S/C15H28N4O5/c1-8(2)5-10(15(23)24)18-14(22)13(9(3)4)19-12(21)7-17-11(20)6-16/h8-10,13H,5-7,16H2,1-4H3,(H,17,20)(H,18,22)(H,19,21)(H,23,24). The van der Waals surface area contributed by atoms with Gasteiger partial charge in [-0.3, -0.25) is 14.4 Å². The van der Waals surface area contributed by atoms with Gasteiger partial charge in [0.1, 0.15) is 12.1 Å². The first-order valence-corrected chi connectivity index (χ1v) is 7.87. The van der Waals surface area contributed by atoms with Crippen LogP contribution in [0, 0.1) is 11.8 Å². The predicted molar refractivity (Wildman–Crippen MR) is 87.9 cm³/mol. The van der Waals surface area contributed by atoms with Crippen molar-refractivity contribution in [1.82, 2.24) is 16.0 Å². The summed E-state index contributed by atoms with van der Waals surface area (Å²) in [5.41, 5.74) is 5.12. The lowest BCUT2D eigenvalue weighted by Crippen LogP contribution is -2.55. The average molecular weight is 344 g/mol. The van der Waals surface area contributed by atoms with Crippen molar-refractivity contribution in [2.45, 2.75) is 46.2 Å². The van der Waals surface area contributed by atoms with E-state index < -0.39 is 35.8 Å². The lowest BCUT2D eigenvalue weighted by molar-refractivity contribution is -0.143. The molecule has 0 saturated carbocycles. The maximum Gasteiger partial charge on any atom is 0.326 e. The Balaban J connectivity index is 4.79. The van der Waals surface area contributed by atoms with Gasteiger partial charge < -0.3 is 26.8 Å². The summed E-state index contributed by atoms with van der Waals surface area (Å²) >= 11 is 0. The van der Waals surface area contributed by atoms with Gasteiger partial charge in [0.2, 0.25) is 17.7 Å². The van der Waals surface area contributed by atoms with Gasteiger partial charge in [0.05, 0.1) is 13.1 Å². The molecule has 0 aromatic rings. The molecule has 0 aromatic heterocycles. The largest absolute Gasteiger partial charge is 0.480 e. The molecule has 0 heterocycles. The van der Waals surface area contributed by atoms with Gasteiger partial charge in [-0.15, -0.1) is 0 Å². The van der Waals surface area contributed by atoms with Crippen LogP contribution in [0.15, 0.2) is 0 Å². The first-order chi connectivity index (χ1) is 11.1. The molecule has 0 rings (SSSR count). The lowest BCUT2D eigenvalue weighted by atomic mass is 10.0. The molecule has 0 aliphatic rings. The fraction of sp³-hybridized carbons (Fsp3) is 0.733. The summed E-state index contributed by atoms with van der Waals surface area (Å²) in [5, 5.41) is 16.4. The van der Waals surface area contributed by atoms with Gasteiger partial charge in [0.25, 0.3) is 0 Å². The van der Waals surface area contributed by atoms with Crippen LogP contribution in [0.4, 0.5) is 0 Å². The Morgan fingerprint density at radius 3 is 2.00 bits per heavy atom. The highest BCUT2D eigenvalue weighted by molar-refractivity contribution is 5.92. The van der Waals surface area contributed by atoms with Crippen molar-refractivity contribution in [3.8, 4) is 0 Å². The normalized spacial score (nSPS) is 13.3. The molecule has 0 fully saturated rings. The van der Waals surface area contributed by atoms with Crippen LogP contribution in [0.3, 0.4) is 0 Å². The minimum Gasteiger partial charge on any atom is -0.480 e. The molecule has 0 aliphatic heterocycles. The van der Waals surface area contributed by atoms with Gasteiger partial charge in [0, 0.05) is 0 Å². The topological polar surface area (TPSA) is 151 Å². The van der Waals surface area contributed by atoms with Crippen molar-refractivity contribution in [1.29, 1.82) is 0 Å². The van der Waals surface area contributed by atoms with Crippen molar-refractivity contribution in [3.63, 3.8) is 0 Å². The molecular weight excluding hydrogens is 316 g/mol. The molecule has 2 atom stereocenters. The molecule has 0 aliphatic carbocycles. The summed E-state index contributed by atoms with van der Waals surface area (Å²) in [6.07, 6.45) is 0.284. The maximum absolute atomic E-state index is 12.3. The van der Waals surface area contributed by atoms with E-state index in [0.29, 0.717) is 0 Å². The van der Waals surface area contributed by atoms with Crippen LogP contribution in [0.5, 0.6) is 0 Å². The van der Waals surface area contributed by atoms with Crippen LogP contribution in [0.1, 0.15) is 34.1 Å². The second kappa shape index (κ2) is 10.6. The Labute approximate surface area is 141 Å². The van der Waals surface area contributed by atoms with Crippen LogP contribution in [0.25, 0.3) is 0 Å². The van der Waals surface area contributed by atoms with E-state index in [1.54, 1.807) is 13.8 Å². The Bertz CT molecular complexity index is 465. The van der Waals surface area contributed by atoms with E-state index in [0.717, 1.165) is 0 Å². The minimum atomic E-state index is -1.12. The van der Waals surface area contributed by atoms with Gasteiger partial charge in [-0.25, -0.2) is 4.79 Å². The number of carboxylic acid groups (broad SMARTS) is 1. The van der Waals surface area contributed by atoms with Crippen molar-refractivity contribution < 1.29 is 24.3 Å². The Kier molecular flexibility index (Phi) is 9.63. The van der Waals surface area contributed by atoms with Gasteiger partial charge in [0.15, 0.2) is 0 Å². The summed E-state index contributed by atoms with van der Waals surface area (Å²) in [6.45, 7) is 6.61. The summed E-state index contributed by atoms with van der Waals surface area (Å²) < 4.78 is 0. The number of rotatable bonds is 10. The molecule has 6 N–H and O–H groups in total. The second-order valence-corrected chi connectivity index (χ2v) is 6.30. The maximum atomic E-state index is 12.3. The van der Waals surface area contributed by atoms with E-state index in [-0.39, 0.29) is 31.3 Å². The molecule has 24 heavy (non-hydrogen) atoms. The molecule has 0 saturated heterocycles. The molecule has 9 heteroatoms. The zero-order valence-electron chi connectivity index (χ0n) is 14.6. The molecular formula is C15H28N4O5. The first kappa shape index (κ1) is 21.8. The number of aliphatic carboxylic acids is 1. The van der Waals surface area contributed by atoms with Crippen molar-refractivity contribution in [2.24, 2.45) is 17.6 Å². The zero-order valence-corrected chi connectivity index (χ0v) is 14.6. The Morgan fingerprint density at radius 2 is 1.58 bits per heavy atom. The fourth-order valence-electron chi connectivity index (χ4n) is 1.96. The Hall–Kier alpha value is -2.16. The smallest absolute Gasteiger partial charge is 0.326 e. The third kappa shape index (κ3) is 8.47. The van der Waals surface area contributed by atoms with Crippen LogP contribution >= 0.6 is 0 Å². The number of carbonyl (C=O) groups excluding carboxylic acids is 3. The Morgan fingerprint density at radius 1 is 1.00 bits per heavy atom. The highest BCUT2D eigenvalue weighted by Gasteiger charge is 2.28. The predicted octanol–water partition coefficient (Wildman–Crippen LogP) is -1.18. The fourth-order valence-corrected chi connectivity index (χ4v) is 1.96. The molecule has 138 valence electrons. The quantitative estimate of drug-likeness (QED) is 0.336. The van der Waals surface area contributed by atoms with E-state index >= 15 is 0 Å². The van der Waals surface area contributed by atoms with Crippen LogP contribution in [-0.2, 0) is 19.2 Å². The number of hydrogen-bond donors (Lipinski definition) is 5. The molecule has 0 spiro atoms. The number of nitrogens with one attached hydrogen (secondary N) is 3. The molecule has 3 amide bonds. The van der Waals surface area contributed by atoms with Crippen molar-refractivity contribution in [3.05, 3.63) is 0 Å². The zero-order chi connectivity index (χ0) is 18.9. The summed E-state index contributed by atoms with van der Waals surface area (Å²) in [6, 6.07) is -1.92.